The normalized spacial score (nSPS) is 26.2. The molecule has 1 spiro atoms. The number of hydrogen-bond acceptors (Lipinski definition) is 7. The number of rotatable bonds is 13. The summed E-state index contributed by atoms with van der Waals surface area (Å²) in [5.74, 6) is -2.79. The molecule has 0 radical (unpaired) electrons. The topological polar surface area (TPSA) is 99.6 Å². The molecule has 9 nitrogen and oxygen atoms in total. The number of esters is 1. The monoisotopic (exact) mass is 589 g/mol. The van der Waals surface area contributed by atoms with Crippen molar-refractivity contribution in [1.82, 2.24) is 4.90 Å². The van der Waals surface area contributed by atoms with E-state index in [0.29, 0.717) is 24.9 Å². The number of aliphatic hydroxyl groups is 1. The Morgan fingerprint density at radius 3 is 2.40 bits per heavy atom. The van der Waals surface area contributed by atoms with Crippen molar-refractivity contribution < 1.29 is 29.0 Å². The fourth-order valence-electron chi connectivity index (χ4n) is 7.44. The highest BCUT2D eigenvalue weighted by Crippen LogP contribution is 2.59. The summed E-state index contributed by atoms with van der Waals surface area (Å²) in [4.78, 5) is 47.8. The van der Waals surface area contributed by atoms with E-state index in [1.54, 1.807) is 17.9 Å². The highest BCUT2D eigenvalue weighted by molar-refractivity contribution is 6.05. The molecule has 0 saturated carbocycles. The summed E-state index contributed by atoms with van der Waals surface area (Å²) in [6, 6.07) is 15.7. The van der Waals surface area contributed by atoms with Crippen molar-refractivity contribution in [3.8, 4) is 0 Å². The van der Waals surface area contributed by atoms with Crippen LogP contribution in [0.25, 0.3) is 0 Å². The summed E-state index contributed by atoms with van der Waals surface area (Å²) in [7, 11) is 0. The molecule has 3 aliphatic heterocycles. The van der Waals surface area contributed by atoms with Gasteiger partial charge < -0.3 is 29.3 Å². The average Bonchev–Trinajstić information content (AvgIpc) is 3.67. The Labute approximate surface area is 254 Å². The fourth-order valence-corrected chi connectivity index (χ4v) is 7.44. The van der Waals surface area contributed by atoms with Crippen LogP contribution in [-0.4, -0.2) is 84.4 Å². The van der Waals surface area contributed by atoms with Gasteiger partial charge >= 0.3 is 5.97 Å². The lowest BCUT2D eigenvalue weighted by Gasteiger charge is -2.39. The molecule has 9 heteroatoms. The van der Waals surface area contributed by atoms with Gasteiger partial charge in [-0.3, -0.25) is 14.4 Å². The van der Waals surface area contributed by atoms with Gasteiger partial charge in [-0.2, -0.15) is 0 Å². The standard InChI is InChI=1S/C34H43N3O6/c1-5-20-36(25-16-14-24(15-17-25)35(6-2)7-3)32(40)30-34-19-18-27(43-34)28(33(41)42-8-4)29(34)31(39)37(30)26(22-38)21-23-12-10-9-11-13-23/h5,9-17,26-30,38H,1,6-8,18-22H2,2-4H3/t26-,27-,28+,29+,30-,34+/m1/s1. The van der Waals surface area contributed by atoms with Crippen LogP contribution in [0.4, 0.5) is 11.4 Å². The zero-order valence-corrected chi connectivity index (χ0v) is 25.4. The van der Waals surface area contributed by atoms with Gasteiger partial charge in [0.05, 0.1) is 37.2 Å². The van der Waals surface area contributed by atoms with Gasteiger partial charge in [0.15, 0.2) is 0 Å². The quantitative estimate of drug-likeness (QED) is 0.282. The van der Waals surface area contributed by atoms with E-state index in [4.69, 9.17) is 9.47 Å². The molecule has 0 aromatic heterocycles. The second-order valence-corrected chi connectivity index (χ2v) is 11.5. The van der Waals surface area contributed by atoms with Gasteiger partial charge in [-0.25, -0.2) is 0 Å². The first-order valence-electron chi connectivity index (χ1n) is 15.4. The Hall–Kier alpha value is -3.69. The first kappa shape index (κ1) is 30.8. The second kappa shape index (κ2) is 12.9. The third-order valence-corrected chi connectivity index (χ3v) is 9.32. The summed E-state index contributed by atoms with van der Waals surface area (Å²) in [5.41, 5.74) is 1.46. The molecule has 230 valence electrons. The highest BCUT2D eigenvalue weighted by atomic mass is 16.6. The van der Waals surface area contributed by atoms with Gasteiger partial charge in [0, 0.05) is 31.0 Å². The number of amides is 2. The van der Waals surface area contributed by atoms with Crippen molar-refractivity contribution in [2.24, 2.45) is 11.8 Å². The van der Waals surface area contributed by atoms with E-state index >= 15 is 0 Å². The van der Waals surface area contributed by atoms with Crippen molar-refractivity contribution >= 4 is 29.2 Å². The molecular weight excluding hydrogens is 546 g/mol. The summed E-state index contributed by atoms with van der Waals surface area (Å²) in [6.07, 6.45) is 2.53. The molecule has 0 unspecified atom stereocenters. The maximum absolute atomic E-state index is 14.8. The Morgan fingerprint density at radius 2 is 1.79 bits per heavy atom. The molecule has 2 aromatic rings. The molecule has 2 aromatic carbocycles. The van der Waals surface area contributed by atoms with Gasteiger partial charge in [-0.1, -0.05) is 36.4 Å². The highest BCUT2D eigenvalue weighted by Gasteiger charge is 2.75. The van der Waals surface area contributed by atoms with Crippen LogP contribution in [-0.2, 0) is 30.3 Å². The van der Waals surface area contributed by atoms with Gasteiger partial charge in [-0.05, 0) is 69.9 Å². The zero-order valence-electron chi connectivity index (χ0n) is 25.4. The van der Waals surface area contributed by atoms with Crippen LogP contribution in [0.2, 0.25) is 0 Å². The van der Waals surface area contributed by atoms with Crippen LogP contribution in [0.5, 0.6) is 0 Å². The number of carbonyl (C=O) groups excluding carboxylic acids is 3. The van der Waals surface area contributed by atoms with E-state index in [1.807, 2.05) is 54.6 Å². The number of ether oxygens (including phenoxy) is 2. The first-order valence-corrected chi connectivity index (χ1v) is 15.4. The van der Waals surface area contributed by atoms with E-state index in [1.165, 1.54) is 4.90 Å². The lowest BCUT2D eigenvalue weighted by Crippen LogP contribution is -2.59. The van der Waals surface area contributed by atoms with Crippen LogP contribution in [0, 0.1) is 11.8 Å². The Bertz CT molecular complexity index is 1310. The summed E-state index contributed by atoms with van der Waals surface area (Å²) >= 11 is 0. The molecule has 3 aliphatic rings. The molecule has 43 heavy (non-hydrogen) atoms. The Balaban J connectivity index is 1.57. The van der Waals surface area contributed by atoms with Crippen molar-refractivity contribution in [1.29, 1.82) is 0 Å². The van der Waals surface area contributed by atoms with Crippen LogP contribution < -0.4 is 9.80 Å². The fraction of sp³-hybridized carbons (Fsp3) is 0.500. The molecule has 3 heterocycles. The molecule has 2 amide bonds. The zero-order chi connectivity index (χ0) is 30.7. The molecule has 0 aliphatic carbocycles. The first-order chi connectivity index (χ1) is 20.8. The van der Waals surface area contributed by atoms with E-state index in [9.17, 15) is 19.5 Å². The summed E-state index contributed by atoms with van der Waals surface area (Å²) < 4.78 is 12.0. The van der Waals surface area contributed by atoms with Crippen molar-refractivity contribution in [3.63, 3.8) is 0 Å². The third kappa shape index (κ3) is 5.33. The van der Waals surface area contributed by atoms with Crippen LogP contribution >= 0.6 is 0 Å². The lowest BCUT2D eigenvalue weighted by atomic mass is 9.70. The number of likely N-dealkylation sites (tertiary alicyclic amines) is 1. The lowest BCUT2D eigenvalue weighted by molar-refractivity contribution is -0.155. The third-order valence-electron chi connectivity index (χ3n) is 9.32. The maximum atomic E-state index is 14.8. The van der Waals surface area contributed by atoms with Crippen LogP contribution in [0.3, 0.4) is 0 Å². The number of fused-ring (bicyclic) bond motifs is 1. The van der Waals surface area contributed by atoms with Crippen LogP contribution in [0.15, 0.2) is 67.3 Å². The number of benzene rings is 2. The number of anilines is 2. The average molecular weight is 590 g/mol. The van der Waals surface area contributed by atoms with E-state index < -0.39 is 41.6 Å². The molecule has 1 N–H and O–H groups in total. The largest absolute Gasteiger partial charge is 0.466 e. The number of nitrogens with zero attached hydrogens (tertiary/aromatic N) is 3. The van der Waals surface area contributed by atoms with Gasteiger partial charge in [0.25, 0.3) is 5.91 Å². The predicted octanol–water partition coefficient (Wildman–Crippen LogP) is 3.59. The summed E-state index contributed by atoms with van der Waals surface area (Å²) in [5, 5.41) is 10.7. The van der Waals surface area contributed by atoms with Gasteiger partial charge in [0.2, 0.25) is 5.91 Å². The molecule has 6 atom stereocenters. The number of aliphatic hydroxyl groups excluding tert-OH is 1. The second-order valence-electron chi connectivity index (χ2n) is 11.5. The number of carbonyl (C=O) groups is 3. The Morgan fingerprint density at radius 1 is 1.12 bits per heavy atom. The minimum atomic E-state index is -1.19. The maximum Gasteiger partial charge on any atom is 0.312 e. The molecule has 3 fully saturated rings. The van der Waals surface area contributed by atoms with Crippen molar-refractivity contribution in [2.45, 2.75) is 63.8 Å². The molecular formula is C34H43N3O6. The minimum Gasteiger partial charge on any atom is -0.466 e. The molecule has 5 rings (SSSR count). The van der Waals surface area contributed by atoms with E-state index in [-0.39, 0.29) is 31.6 Å². The smallest absolute Gasteiger partial charge is 0.312 e. The minimum absolute atomic E-state index is 0.186. The van der Waals surface area contributed by atoms with Gasteiger partial charge in [-0.15, -0.1) is 6.58 Å². The van der Waals surface area contributed by atoms with Crippen molar-refractivity contribution in [2.75, 3.05) is 42.6 Å². The molecule has 3 saturated heterocycles. The van der Waals surface area contributed by atoms with E-state index in [0.717, 1.165) is 24.3 Å². The molecule has 2 bridgehead atoms. The SMILES string of the molecule is C=CCN(C(=O)[C@H]1N([C@@H](CO)Cc2ccccc2)C(=O)[C@@H]2[C@@H](C(=O)OCC)[C@H]3CC[C@]21O3)c1ccc(N(CC)CC)cc1. The van der Waals surface area contributed by atoms with Crippen molar-refractivity contribution in [3.05, 3.63) is 72.8 Å². The van der Waals surface area contributed by atoms with Gasteiger partial charge in [0.1, 0.15) is 11.6 Å². The summed E-state index contributed by atoms with van der Waals surface area (Å²) in [6.45, 7) is 11.6. The van der Waals surface area contributed by atoms with E-state index in [2.05, 4.69) is 25.3 Å². The predicted molar refractivity (Wildman–Crippen MR) is 165 cm³/mol. The van der Waals surface area contributed by atoms with Crippen LogP contribution in [0.1, 0.15) is 39.2 Å². The number of hydrogen-bond donors (Lipinski definition) is 1. The Kier molecular flexibility index (Phi) is 9.22.